The zero-order valence-corrected chi connectivity index (χ0v) is 20.8. The van der Waals surface area contributed by atoms with Gasteiger partial charge in [-0.3, -0.25) is 9.59 Å². The number of aliphatic hydroxyl groups is 4. The minimum atomic E-state index is -1.47. The average molecular weight is 477 g/mol. The number of ketones is 2. The van der Waals surface area contributed by atoms with Crippen LogP contribution in [0, 0.1) is 34.5 Å². The largest absolute Gasteiger partial charge is 0.393 e. The van der Waals surface area contributed by atoms with Gasteiger partial charge in [-0.1, -0.05) is 20.8 Å². The monoisotopic (exact) mass is 476 g/mol. The second-order valence-electron chi connectivity index (χ2n) is 12.4. The Bertz CT molecular complexity index is 909. The molecule has 7 nitrogen and oxygen atoms in total. The van der Waals surface area contributed by atoms with E-state index in [9.17, 15) is 34.8 Å². The Kier molecular flexibility index (Phi) is 6.29. The van der Waals surface area contributed by atoms with Gasteiger partial charge in [0.25, 0.3) is 0 Å². The van der Waals surface area contributed by atoms with Gasteiger partial charge in [0.2, 0.25) is 0 Å². The number of hydrogen-bond donors (Lipinski definition) is 4. The van der Waals surface area contributed by atoms with E-state index in [2.05, 4.69) is 6.92 Å². The molecule has 0 aromatic heterocycles. The number of Topliss-reactive ketones (excluding diaryl/α,β-unsaturated/α-hetero) is 1. The molecule has 3 saturated carbocycles. The molecule has 0 amide bonds. The number of carbonyl (C=O) groups excluding carboxylic acids is 3. The topological polar surface area (TPSA) is 132 Å². The highest BCUT2D eigenvalue weighted by molar-refractivity contribution is 5.97. The van der Waals surface area contributed by atoms with E-state index in [0.29, 0.717) is 25.5 Å². The summed E-state index contributed by atoms with van der Waals surface area (Å²) in [5, 5.41) is 43.2. The van der Waals surface area contributed by atoms with Crippen molar-refractivity contribution in [3.8, 4) is 0 Å². The summed E-state index contributed by atoms with van der Waals surface area (Å²) >= 11 is 0. The van der Waals surface area contributed by atoms with Crippen molar-refractivity contribution in [1.29, 1.82) is 0 Å². The molecule has 10 atom stereocenters. The van der Waals surface area contributed by atoms with Crippen molar-refractivity contribution in [3.05, 3.63) is 11.6 Å². The van der Waals surface area contributed by atoms with Crippen LogP contribution in [0.4, 0.5) is 0 Å². The molecule has 0 heterocycles. The van der Waals surface area contributed by atoms with Crippen LogP contribution < -0.4 is 0 Å². The molecule has 0 saturated heterocycles. The SMILES string of the molecule is C[C@H]([C@H](O)CCC(C)(O)C=O)[C@H]1CC[C@@]2(O)C3=CC(=O)[C@@H]4C[C@@H](O)C(=O)C[C@]4(C)[C@H]3CC[C@]12C. The molecule has 7 heteroatoms. The summed E-state index contributed by atoms with van der Waals surface area (Å²) in [7, 11) is 0. The molecule has 1 unspecified atom stereocenters. The first-order valence-electron chi connectivity index (χ1n) is 12.8. The number of fused-ring (bicyclic) bond motifs is 5. The lowest BCUT2D eigenvalue weighted by atomic mass is 9.46. The zero-order chi connectivity index (χ0) is 25.3. The number of allylic oxidation sites excluding steroid dienone is 1. The molecule has 0 aliphatic heterocycles. The van der Waals surface area contributed by atoms with E-state index in [1.165, 1.54) is 6.92 Å². The smallest absolute Gasteiger partial charge is 0.161 e. The Balaban J connectivity index is 1.61. The molecular formula is C27H40O7. The van der Waals surface area contributed by atoms with Crippen LogP contribution in [0.2, 0.25) is 0 Å². The van der Waals surface area contributed by atoms with Crippen LogP contribution in [0.15, 0.2) is 11.6 Å². The van der Waals surface area contributed by atoms with E-state index >= 15 is 0 Å². The standard InChI is InChI=1S/C27H40O7/c1-15(20(29)7-8-24(2,33)14-28)16-6-10-27(34)18-11-21(30)19-12-22(31)23(32)13-25(19,3)17(18)5-9-26(16,27)4/h11,14-17,19-20,22,29,31,33-34H,5-10,12-13H2,1-4H3/t15-,16+,17-,19-,20+,22+,24?,25+,26+,27+/m0/s1. The fraction of sp³-hybridized carbons (Fsp3) is 0.815. The van der Waals surface area contributed by atoms with Gasteiger partial charge >= 0.3 is 0 Å². The van der Waals surface area contributed by atoms with E-state index in [1.54, 1.807) is 6.08 Å². The minimum Gasteiger partial charge on any atom is -0.393 e. The first-order valence-corrected chi connectivity index (χ1v) is 12.8. The van der Waals surface area contributed by atoms with E-state index in [-0.39, 0.29) is 55.0 Å². The van der Waals surface area contributed by atoms with Gasteiger partial charge in [0.15, 0.2) is 17.9 Å². The predicted octanol–water partition coefficient (Wildman–Crippen LogP) is 2.13. The molecule has 4 N–H and O–H groups in total. The third-order valence-corrected chi connectivity index (χ3v) is 10.4. The lowest BCUT2D eigenvalue weighted by Crippen LogP contribution is -2.60. The van der Waals surface area contributed by atoms with E-state index < -0.39 is 40.2 Å². The fourth-order valence-corrected chi connectivity index (χ4v) is 8.11. The van der Waals surface area contributed by atoms with Crippen LogP contribution >= 0.6 is 0 Å². The molecule has 4 aliphatic rings. The normalized spacial score (nSPS) is 45.4. The van der Waals surface area contributed by atoms with Crippen LogP contribution in [-0.4, -0.2) is 61.7 Å². The van der Waals surface area contributed by atoms with Gasteiger partial charge in [0, 0.05) is 17.8 Å². The number of aliphatic hydroxyl groups excluding tert-OH is 2. The molecule has 0 bridgehead atoms. The Morgan fingerprint density at radius 1 is 1.21 bits per heavy atom. The second kappa shape index (κ2) is 8.32. The van der Waals surface area contributed by atoms with Gasteiger partial charge in [-0.05, 0) is 86.7 Å². The number of hydrogen-bond acceptors (Lipinski definition) is 7. The zero-order valence-electron chi connectivity index (χ0n) is 20.8. The van der Waals surface area contributed by atoms with Gasteiger partial charge in [0.05, 0.1) is 11.7 Å². The summed E-state index contributed by atoms with van der Waals surface area (Å²) in [5.41, 5.74) is -3.06. The molecule has 0 radical (unpaired) electrons. The van der Waals surface area contributed by atoms with Crippen molar-refractivity contribution >= 4 is 17.9 Å². The maximum atomic E-state index is 13.2. The van der Waals surface area contributed by atoms with Crippen LogP contribution in [-0.2, 0) is 14.4 Å². The summed E-state index contributed by atoms with van der Waals surface area (Å²) in [6.45, 7) is 7.43. The molecule has 0 aromatic rings. The second-order valence-corrected chi connectivity index (χ2v) is 12.4. The molecule has 3 fully saturated rings. The highest BCUT2D eigenvalue weighted by Crippen LogP contribution is 2.68. The molecule has 4 rings (SSSR count). The molecule has 0 aromatic carbocycles. The van der Waals surface area contributed by atoms with Crippen molar-refractivity contribution in [2.75, 3.05) is 0 Å². The first kappa shape index (κ1) is 25.7. The molecule has 4 aliphatic carbocycles. The summed E-state index contributed by atoms with van der Waals surface area (Å²) in [4.78, 5) is 36.7. The van der Waals surface area contributed by atoms with E-state index in [1.807, 2.05) is 13.8 Å². The van der Waals surface area contributed by atoms with Crippen LogP contribution in [0.5, 0.6) is 0 Å². The minimum absolute atomic E-state index is 0.00553. The number of aldehydes is 1. The Morgan fingerprint density at radius 2 is 1.88 bits per heavy atom. The molecule has 190 valence electrons. The Labute approximate surface area is 201 Å². The van der Waals surface area contributed by atoms with Crippen molar-refractivity contribution < 1.29 is 34.8 Å². The molecule has 0 spiro atoms. The Hall–Kier alpha value is -1.41. The summed E-state index contributed by atoms with van der Waals surface area (Å²) in [5.74, 6) is -0.985. The number of carbonyl (C=O) groups is 3. The summed E-state index contributed by atoms with van der Waals surface area (Å²) in [6, 6.07) is 0. The molecule has 34 heavy (non-hydrogen) atoms. The van der Waals surface area contributed by atoms with Crippen molar-refractivity contribution in [2.24, 2.45) is 34.5 Å². The van der Waals surface area contributed by atoms with Gasteiger partial charge in [-0.25, -0.2) is 0 Å². The van der Waals surface area contributed by atoms with Gasteiger partial charge in [-0.2, -0.15) is 0 Å². The quantitative estimate of drug-likeness (QED) is 0.432. The van der Waals surface area contributed by atoms with Crippen LogP contribution in [0.1, 0.15) is 79.1 Å². The fourth-order valence-electron chi connectivity index (χ4n) is 8.11. The predicted molar refractivity (Wildman–Crippen MR) is 125 cm³/mol. The van der Waals surface area contributed by atoms with Crippen molar-refractivity contribution in [1.82, 2.24) is 0 Å². The third kappa shape index (κ3) is 3.66. The van der Waals surface area contributed by atoms with Crippen LogP contribution in [0.3, 0.4) is 0 Å². The third-order valence-electron chi connectivity index (χ3n) is 10.4. The Morgan fingerprint density at radius 3 is 2.53 bits per heavy atom. The van der Waals surface area contributed by atoms with Crippen molar-refractivity contribution in [3.63, 3.8) is 0 Å². The van der Waals surface area contributed by atoms with Gasteiger partial charge in [-0.15, -0.1) is 0 Å². The average Bonchev–Trinajstić information content (AvgIpc) is 3.05. The number of rotatable bonds is 6. The van der Waals surface area contributed by atoms with E-state index in [0.717, 1.165) is 12.0 Å². The van der Waals surface area contributed by atoms with Gasteiger partial charge in [0.1, 0.15) is 11.7 Å². The van der Waals surface area contributed by atoms with Crippen LogP contribution in [0.25, 0.3) is 0 Å². The maximum Gasteiger partial charge on any atom is 0.161 e. The summed E-state index contributed by atoms with van der Waals surface area (Å²) in [6.07, 6.45) is 3.69. The highest BCUT2D eigenvalue weighted by atomic mass is 16.3. The van der Waals surface area contributed by atoms with Crippen molar-refractivity contribution in [2.45, 2.75) is 102 Å². The van der Waals surface area contributed by atoms with E-state index in [4.69, 9.17) is 0 Å². The first-order chi connectivity index (χ1) is 15.7. The van der Waals surface area contributed by atoms with Gasteiger partial charge < -0.3 is 25.2 Å². The maximum absolute atomic E-state index is 13.2. The summed E-state index contributed by atoms with van der Waals surface area (Å²) < 4.78 is 0. The molecular weight excluding hydrogens is 436 g/mol. The lowest BCUT2D eigenvalue weighted by Gasteiger charge is -2.59. The highest BCUT2D eigenvalue weighted by Gasteiger charge is 2.67. The lowest BCUT2D eigenvalue weighted by molar-refractivity contribution is -0.153.